The van der Waals surface area contributed by atoms with Gasteiger partial charge in [-0.3, -0.25) is 10.1 Å². The molecule has 1 aliphatic rings. The lowest BCUT2D eigenvalue weighted by atomic mass is 9.95. The molecule has 1 heterocycles. The molecule has 18 heavy (non-hydrogen) atoms. The molecule has 1 saturated heterocycles. The molecule has 106 valence electrons. The fourth-order valence-corrected chi connectivity index (χ4v) is 2.91. The van der Waals surface area contributed by atoms with Gasteiger partial charge in [-0.1, -0.05) is 6.92 Å². The van der Waals surface area contributed by atoms with Crippen LogP contribution in [0.25, 0.3) is 0 Å². The van der Waals surface area contributed by atoms with Gasteiger partial charge in [0, 0.05) is 19.1 Å². The lowest BCUT2D eigenvalue weighted by Gasteiger charge is -2.38. The number of nitrogens with one attached hydrogen (secondary N) is 1. The van der Waals surface area contributed by atoms with Crippen molar-refractivity contribution in [2.45, 2.75) is 52.1 Å². The quantitative estimate of drug-likeness (QED) is 0.759. The van der Waals surface area contributed by atoms with Crippen molar-refractivity contribution in [2.24, 2.45) is 5.92 Å². The van der Waals surface area contributed by atoms with Gasteiger partial charge in [0.2, 0.25) is 0 Å². The van der Waals surface area contributed by atoms with Crippen molar-refractivity contribution in [2.75, 3.05) is 26.7 Å². The number of hydrogen-bond donors (Lipinski definition) is 1. The van der Waals surface area contributed by atoms with E-state index in [1.54, 1.807) is 0 Å². The van der Waals surface area contributed by atoms with Gasteiger partial charge >= 0.3 is 5.97 Å². The highest BCUT2D eigenvalue weighted by molar-refractivity contribution is 5.80. The first kappa shape index (κ1) is 15.4. The Kier molecular flexibility index (Phi) is 5.60. The second-order valence-corrected chi connectivity index (χ2v) is 6.11. The van der Waals surface area contributed by atoms with Gasteiger partial charge in [0.1, 0.15) is 5.54 Å². The SMILES string of the molecule is COC(=O)C(C)(CN1CCCC(C)C1)NC(C)C. The van der Waals surface area contributed by atoms with Crippen LogP contribution >= 0.6 is 0 Å². The highest BCUT2D eigenvalue weighted by Crippen LogP contribution is 2.19. The van der Waals surface area contributed by atoms with E-state index in [2.05, 4.69) is 31.0 Å². The Balaban J connectivity index is 2.68. The fraction of sp³-hybridized carbons (Fsp3) is 0.929. The summed E-state index contributed by atoms with van der Waals surface area (Å²) in [6.07, 6.45) is 2.52. The van der Waals surface area contributed by atoms with Crippen molar-refractivity contribution < 1.29 is 9.53 Å². The van der Waals surface area contributed by atoms with E-state index in [9.17, 15) is 4.79 Å². The molecular formula is C14H28N2O2. The molecule has 0 aromatic rings. The van der Waals surface area contributed by atoms with E-state index in [1.807, 2.05) is 6.92 Å². The van der Waals surface area contributed by atoms with Gasteiger partial charge in [0.15, 0.2) is 0 Å². The molecule has 4 heteroatoms. The van der Waals surface area contributed by atoms with E-state index in [4.69, 9.17) is 4.74 Å². The number of carbonyl (C=O) groups is 1. The molecule has 0 radical (unpaired) electrons. The number of ether oxygens (including phenoxy) is 1. The number of carbonyl (C=O) groups excluding carboxylic acids is 1. The molecule has 4 nitrogen and oxygen atoms in total. The Morgan fingerprint density at radius 3 is 2.72 bits per heavy atom. The summed E-state index contributed by atoms with van der Waals surface area (Å²) in [6.45, 7) is 11.2. The lowest BCUT2D eigenvalue weighted by Crippen LogP contribution is -2.60. The Morgan fingerprint density at radius 2 is 2.22 bits per heavy atom. The smallest absolute Gasteiger partial charge is 0.327 e. The van der Waals surface area contributed by atoms with Crippen molar-refractivity contribution in [3.05, 3.63) is 0 Å². The molecule has 0 bridgehead atoms. The van der Waals surface area contributed by atoms with E-state index in [0.29, 0.717) is 0 Å². The second-order valence-electron chi connectivity index (χ2n) is 6.11. The van der Waals surface area contributed by atoms with Gasteiger partial charge in [0.25, 0.3) is 0 Å². The molecule has 0 aromatic heterocycles. The summed E-state index contributed by atoms with van der Waals surface area (Å²) in [5.74, 6) is 0.550. The molecule has 1 aliphatic heterocycles. The average molecular weight is 256 g/mol. The predicted octanol–water partition coefficient (Wildman–Crippen LogP) is 1.65. The molecule has 1 rings (SSSR count). The zero-order valence-electron chi connectivity index (χ0n) is 12.5. The summed E-state index contributed by atoms with van der Waals surface area (Å²) < 4.78 is 4.96. The minimum Gasteiger partial charge on any atom is -0.468 e. The molecular weight excluding hydrogens is 228 g/mol. The zero-order valence-corrected chi connectivity index (χ0v) is 12.5. The van der Waals surface area contributed by atoms with Crippen molar-refractivity contribution in [3.8, 4) is 0 Å². The first-order valence-electron chi connectivity index (χ1n) is 6.96. The normalized spacial score (nSPS) is 24.9. The van der Waals surface area contributed by atoms with Crippen molar-refractivity contribution in [1.29, 1.82) is 0 Å². The van der Waals surface area contributed by atoms with Crippen LogP contribution in [0.5, 0.6) is 0 Å². The Labute approximate surface area is 111 Å². The Bertz CT molecular complexity index is 281. The van der Waals surface area contributed by atoms with Crippen LogP contribution in [0.2, 0.25) is 0 Å². The summed E-state index contributed by atoms with van der Waals surface area (Å²) in [6, 6.07) is 0.260. The number of hydrogen-bond acceptors (Lipinski definition) is 4. The van der Waals surface area contributed by atoms with Crippen LogP contribution in [0.3, 0.4) is 0 Å². The van der Waals surface area contributed by atoms with Crippen LogP contribution in [0, 0.1) is 5.92 Å². The maximum absolute atomic E-state index is 12.0. The lowest BCUT2D eigenvalue weighted by molar-refractivity contribution is -0.149. The summed E-state index contributed by atoms with van der Waals surface area (Å²) in [4.78, 5) is 14.4. The molecule has 0 amide bonds. The number of methoxy groups -OCH3 is 1. The first-order valence-corrected chi connectivity index (χ1v) is 6.96. The molecule has 2 unspecified atom stereocenters. The van der Waals surface area contributed by atoms with Gasteiger partial charge in [-0.25, -0.2) is 0 Å². The van der Waals surface area contributed by atoms with Crippen LogP contribution in [0.4, 0.5) is 0 Å². The number of likely N-dealkylation sites (tertiary alicyclic amines) is 1. The minimum atomic E-state index is -0.611. The number of esters is 1. The highest BCUT2D eigenvalue weighted by atomic mass is 16.5. The van der Waals surface area contributed by atoms with Crippen molar-refractivity contribution in [1.82, 2.24) is 10.2 Å². The van der Waals surface area contributed by atoms with Crippen LogP contribution < -0.4 is 5.32 Å². The third-order valence-corrected chi connectivity index (χ3v) is 3.52. The summed E-state index contributed by atoms with van der Waals surface area (Å²) >= 11 is 0. The summed E-state index contributed by atoms with van der Waals surface area (Å²) in [5, 5.41) is 3.35. The van der Waals surface area contributed by atoms with E-state index in [-0.39, 0.29) is 12.0 Å². The zero-order chi connectivity index (χ0) is 13.8. The van der Waals surface area contributed by atoms with Gasteiger partial charge in [-0.2, -0.15) is 0 Å². The number of nitrogens with zero attached hydrogens (tertiary/aromatic N) is 1. The van der Waals surface area contributed by atoms with E-state index in [1.165, 1.54) is 20.0 Å². The maximum Gasteiger partial charge on any atom is 0.327 e. The second kappa shape index (κ2) is 6.53. The summed E-state index contributed by atoms with van der Waals surface area (Å²) in [5.41, 5.74) is -0.611. The largest absolute Gasteiger partial charge is 0.468 e. The van der Waals surface area contributed by atoms with Gasteiger partial charge < -0.3 is 9.64 Å². The number of rotatable bonds is 5. The third-order valence-electron chi connectivity index (χ3n) is 3.52. The first-order chi connectivity index (χ1) is 8.37. The molecule has 0 spiro atoms. The van der Waals surface area contributed by atoms with Crippen LogP contribution in [0.15, 0.2) is 0 Å². The standard InChI is InChI=1S/C14H28N2O2/c1-11(2)15-14(4,13(17)18-5)10-16-8-6-7-12(3)9-16/h11-12,15H,6-10H2,1-5H3. The number of piperidine rings is 1. The predicted molar refractivity (Wildman–Crippen MR) is 73.5 cm³/mol. The van der Waals surface area contributed by atoms with Gasteiger partial charge in [-0.05, 0) is 46.1 Å². The van der Waals surface area contributed by atoms with Crippen molar-refractivity contribution >= 4 is 5.97 Å². The maximum atomic E-state index is 12.0. The third kappa shape index (κ3) is 4.25. The summed E-state index contributed by atoms with van der Waals surface area (Å²) in [7, 11) is 1.46. The average Bonchev–Trinajstić information content (AvgIpc) is 2.26. The monoisotopic (exact) mass is 256 g/mol. The van der Waals surface area contributed by atoms with Crippen molar-refractivity contribution in [3.63, 3.8) is 0 Å². The molecule has 0 saturated carbocycles. The van der Waals surface area contributed by atoms with E-state index >= 15 is 0 Å². The molecule has 0 aliphatic carbocycles. The molecule has 1 fully saturated rings. The highest BCUT2D eigenvalue weighted by Gasteiger charge is 2.37. The van der Waals surface area contributed by atoms with Gasteiger partial charge in [0.05, 0.1) is 7.11 Å². The topological polar surface area (TPSA) is 41.6 Å². The minimum absolute atomic E-state index is 0.172. The Hall–Kier alpha value is -0.610. The Morgan fingerprint density at radius 1 is 1.56 bits per heavy atom. The van der Waals surface area contributed by atoms with E-state index < -0.39 is 5.54 Å². The van der Waals surface area contributed by atoms with Crippen LogP contribution in [-0.2, 0) is 9.53 Å². The fourth-order valence-electron chi connectivity index (χ4n) is 2.91. The van der Waals surface area contributed by atoms with Crippen LogP contribution in [0.1, 0.15) is 40.5 Å². The molecule has 0 aromatic carbocycles. The van der Waals surface area contributed by atoms with Gasteiger partial charge in [-0.15, -0.1) is 0 Å². The molecule has 2 atom stereocenters. The van der Waals surface area contributed by atoms with E-state index in [0.717, 1.165) is 25.6 Å². The van der Waals surface area contributed by atoms with Crippen LogP contribution in [-0.4, -0.2) is 49.2 Å². The molecule has 1 N–H and O–H groups in total.